The van der Waals surface area contributed by atoms with Crippen molar-refractivity contribution in [1.82, 2.24) is 0 Å². The number of hydrogen-bond acceptors (Lipinski definition) is 4. The van der Waals surface area contributed by atoms with Gasteiger partial charge in [0.1, 0.15) is 17.2 Å². The Hall–Kier alpha value is -3.80. The normalized spacial score (nSPS) is 10.3. The molecule has 0 unspecified atom stereocenters. The van der Waals surface area contributed by atoms with Crippen LogP contribution in [0.3, 0.4) is 0 Å². The van der Waals surface area contributed by atoms with Crippen LogP contribution in [-0.4, -0.2) is 18.4 Å². The first-order valence-electron chi connectivity index (χ1n) is 9.08. The Kier molecular flexibility index (Phi) is 6.14. The van der Waals surface area contributed by atoms with Crippen molar-refractivity contribution < 1.29 is 19.1 Å². The van der Waals surface area contributed by atoms with Crippen molar-refractivity contribution in [2.24, 2.45) is 5.73 Å². The smallest absolute Gasteiger partial charge is 0.262 e. The zero-order chi connectivity index (χ0) is 20.8. The van der Waals surface area contributed by atoms with E-state index >= 15 is 0 Å². The number of carbonyl (C=O) groups excluding carboxylic acids is 2. The highest BCUT2D eigenvalue weighted by atomic mass is 16.5. The molecular formula is C23H22N2O4. The van der Waals surface area contributed by atoms with Crippen LogP contribution in [0, 0.1) is 13.8 Å². The van der Waals surface area contributed by atoms with E-state index in [4.69, 9.17) is 15.2 Å². The monoisotopic (exact) mass is 390 g/mol. The fraction of sp³-hybridized carbons (Fsp3) is 0.130. The number of aryl methyl sites for hydroxylation is 2. The van der Waals surface area contributed by atoms with E-state index in [0.717, 1.165) is 16.9 Å². The summed E-state index contributed by atoms with van der Waals surface area (Å²) in [6.45, 7) is 3.61. The van der Waals surface area contributed by atoms with Gasteiger partial charge in [0.05, 0.1) is 5.56 Å². The van der Waals surface area contributed by atoms with Crippen LogP contribution in [0.15, 0.2) is 66.7 Å². The molecule has 0 aromatic heterocycles. The van der Waals surface area contributed by atoms with E-state index in [2.05, 4.69) is 5.32 Å². The molecule has 2 amide bonds. The van der Waals surface area contributed by atoms with Gasteiger partial charge in [-0.05, 0) is 73.5 Å². The molecule has 3 aromatic rings. The number of anilines is 1. The molecule has 0 atom stereocenters. The molecule has 0 saturated heterocycles. The number of benzene rings is 3. The van der Waals surface area contributed by atoms with Gasteiger partial charge in [-0.3, -0.25) is 9.59 Å². The van der Waals surface area contributed by atoms with Gasteiger partial charge in [0, 0.05) is 5.69 Å². The second-order valence-corrected chi connectivity index (χ2v) is 6.64. The van der Waals surface area contributed by atoms with Crippen LogP contribution in [0.1, 0.15) is 21.5 Å². The molecule has 6 heteroatoms. The third-order valence-corrected chi connectivity index (χ3v) is 4.12. The summed E-state index contributed by atoms with van der Waals surface area (Å²) in [5.74, 6) is 0.739. The van der Waals surface area contributed by atoms with Gasteiger partial charge in [0.15, 0.2) is 6.61 Å². The lowest BCUT2D eigenvalue weighted by Gasteiger charge is -2.11. The van der Waals surface area contributed by atoms with Gasteiger partial charge in [-0.2, -0.15) is 0 Å². The Morgan fingerprint density at radius 1 is 0.897 bits per heavy atom. The van der Waals surface area contributed by atoms with Gasteiger partial charge >= 0.3 is 0 Å². The van der Waals surface area contributed by atoms with Crippen LogP contribution in [-0.2, 0) is 4.79 Å². The molecule has 148 valence electrons. The predicted molar refractivity (Wildman–Crippen MR) is 112 cm³/mol. The van der Waals surface area contributed by atoms with Gasteiger partial charge in [-0.25, -0.2) is 0 Å². The summed E-state index contributed by atoms with van der Waals surface area (Å²) < 4.78 is 11.3. The van der Waals surface area contributed by atoms with Crippen LogP contribution in [0.5, 0.6) is 17.2 Å². The van der Waals surface area contributed by atoms with E-state index in [1.54, 1.807) is 42.5 Å². The van der Waals surface area contributed by atoms with E-state index in [9.17, 15) is 9.59 Å². The highest BCUT2D eigenvalue weighted by Crippen LogP contribution is 2.24. The Bertz CT molecular complexity index is 1030. The van der Waals surface area contributed by atoms with Crippen LogP contribution < -0.4 is 20.5 Å². The van der Waals surface area contributed by atoms with E-state index < -0.39 is 5.91 Å². The lowest BCUT2D eigenvalue weighted by Crippen LogP contribution is -2.21. The highest BCUT2D eigenvalue weighted by Gasteiger charge is 2.11. The van der Waals surface area contributed by atoms with Crippen molar-refractivity contribution in [1.29, 1.82) is 0 Å². The summed E-state index contributed by atoms with van der Waals surface area (Å²) in [6.07, 6.45) is 0. The minimum atomic E-state index is -0.607. The molecule has 0 aliphatic carbocycles. The number of nitrogens with two attached hydrogens (primary N) is 1. The van der Waals surface area contributed by atoms with Crippen molar-refractivity contribution in [3.63, 3.8) is 0 Å². The van der Waals surface area contributed by atoms with Crippen molar-refractivity contribution in [3.8, 4) is 17.2 Å². The molecule has 0 heterocycles. The van der Waals surface area contributed by atoms with Crippen LogP contribution >= 0.6 is 0 Å². The third-order valence-electron chi connectivity index (χ3n) is 4.12. The van der Waals surface area contributed by atoms with E-state index in [-0.39, 0.29) is 23.8 Å². The van der Waals surface area contributed by atoms with Crippen molar-refractivity contribution in [2.75, 3.05) is 11.9 Å². The molecule has 0 bridgehead atoms. The Morgan fingerprint density at radius 3 is 2.31 bits per heavy atom. The molecule has 3 N–H and O–H groups in total. The average Bonchev–Trinajstić information content (AvgIpc) is 2.68. The van der Waals surface area contributed by atoms with E-state index in [0.29, 0.717) is 11.4 Å². The lowest BCUT2D eigenvalue weighted by atomic mass is 10.1. The second kappa shape index (κ2) is 8.93. The number of nitrogens with one attached hydrogen (secondary N) is 1. The lowest BCUT2D eigenvalue weighted by molar-refractivity contribution is -0.118. The standard InChI is InChI=1S/C23H22N2O4/c1-15-4-3-5-19(12-15)29-18-9-7-17(8-10-18)25-22(26)14-28-21-13-16(2)6-11-20(21)23(24)27/h3-13H,14H2,1-2H3,(H2,24,27)(H,25,26). The molecule has 6 nitrogen and oxygen atoms in total. The fourth-order valence-electron chi connectivity index (χ4n) is 2.71. The maximum absolute atomic E-state index is 12.2. The third kappa shape index (κ3) is 5.59. The van der Waals surface area contributed by atoms with Crippen molar-refractivity contribution in [2.45, 2.75) is 13.8 Å². The van der Waals surface area contributed by atoms with Gasteiger partial charge in [-0.15, -0.1) is 0 Å². The minimum Gasteiger partial charge on any atom is -0.483 e. The molecule has 3 rings (SSSR count). The summed E-state index contributed by atoms with van der Waals surface area (Å²) in [6, 6.07) is 19.8. The molecule has 0 fully saturated rings. The maximum Gasteiger partial charge on any atom is 0.262 e. The van der Waals surface area contributed by atoms with E-state index in [1.165, 1.54) is 0 Å². The molecule has 0 saturated carbocycles. The molecule has 0 aliphatic rings. The molecular weight excluding hydrogens is 368 g/mol. The van der Waals surface area contributed by atoms with E-state index in [1.807, 2.05) is 38.1 Å². The van der Waals surface area contributed by atoms with Gasteiger partial charge in [0.2, 0.25) is 0 Å². The number of amides is 2. The number of rotatable bonds is 7. The summed E-state index contributed by atoms with van der Waals surface area (Å²) in [4.78, 5) is 23.7. The van der Waals surface area contributed by atoms with Crippen LogP contribution in [0.4, 0.5) is 5.69 Å². The van der Waals surface area contributed by atoms with Crippen molar-refractivity contribution in [3.05, 3.63) is 83.4 Å². The summed E-state index contributed by atoms with van der Waals surface area (Å²) in [5, 5.41) is 2.74. The first-order valence-corrected chi connectivity index (χ1v) is 9.08. The molecule has 0 spiro atoms. The fourth-order valence-corrected chi connectivity index (χ4v) is 2.71. The molecule has 0 aliphatic heterocycles. The SMILES string of the molecule is Cc1cccc(Oc2ccc(NC(=O)COc3cc(C)ccc3C(N)=O)cc2)c1. The van der Waals surface area contributed by atoms with Crippen LogP contribution in [0.25, 0.3) is 0 Å². The highest BCUT2D eigenvalue weighted by molar-refractivity contribution is 5.96. The van der Waals surface area contributed by atoms with Gasteiger partial charge in [0.25, 0.3) is 11.8 Å². The minimum absolute atomic E-state index is 0.237. The zero-order valence-electron chi connectivity index (χ0n) is 16.3. The Balaban J connectivity index is 1.57. The first kappa shape index (κ1) is 19.9. The predicted octanol–water partition coefficient (Wildman–Crippen LogP) is 4.21. The number of primary amides is 1. The number of carbonyl (C=O) groups is 2. The number of ether oxygens (including phenoxy) is 2. The Labute approximate surface area is 169 Å². The number of hydrogen-bond donors (Lipinski definition) is 2. The molecule has 3 aromatic carbocycles. The quantitative estimate of drug-likeness (QED) is 0.632. The maximum atomic E-state index is 12.2. The second-order valence-electron chi connectivity index (χ2n) is 6.64. The summed E-state index contributed by atoms with van der Waals surface area (Å²) in [7, 11) is 0. The van der Waals surface area contributed by atoms with Gasteiger partial charge in [-0.1, -0.05) is 18.2 Å². The van der Waals surface area contributed by atoms with Gasteiger partial charge < -0.3 is 20.5 Å². The average molecular weight is 390 g/mol. The largest absolute Gasteiger partial charge is 0.483 e. The zero-order valence-corrected chi connectivity index (χ0v) is 16.3. The van der Waals surface area contributed by atoms with Crippen LogP contribution in [0.2, 0.25) is 0 Å². The molecule has 0 radical (unpaired) electrons. The molecule has 29 heavy (non-hydrogen) atoms. The van der Waals surface area contributed by atoms with Crippen molar-refractivity contribution >= 4 is 17.5 Å². The summed E-state index contributed by atoms with van der Waals surface area (Å²) >= 11 is 0. The Morgan fingerprint density at radius 2 is 1.62 bits per heavy atom. The summed E-state index contributed by atoms with van der Waals surface area (Å²) in [5.41, 5.74) is 8.19. The first-order chi connectivity index (χ1) is 13.9. The topological polar surface area (TPSA) is 90.7 Å².